The highest BCUT2D eigenvalue weighted by atomic mass is 16.5. The van der Waals surface area contributed by atoms with Crippen LogP contribution in [0.15, 0.2) is 42.5 Å². The molecule has 128 valence electrons. The lowest BCUT2D eigenvalue weighted by atomic mass is 10.2. The summed E-state index contributed by atoms with van der Waals surface area (Å²) in [6.45, 7) is 3.33. The molecule has 0 aliphatic carbocycles. The highest BCUT2D eigenvalue weighted by Gasteiger charge is 2.11. The van der Waals surface area contributed by atoms with Crippen molar-refractivity contribution in [2.45, 2.75) is 6.92 Å². The van der Waals surface area contributed by atoms with Crippen molar-refractivity contribution in [3.05, 3.63) is 48.0 Å². The first-order valence-corrected chi connectivity index (χ1v) is 7.73. The Morgan fingerprint density at radius 2 is 1.83 bits per heavy atom. The second-order valence-corrected chi connectivity index (χ2v) is 4.91. The van der Waals surface area contributed by atoms with Crippen molar-refractivity contribution in [2.24, 2.45) is 5.73 Å². The van der Waals surface area contributed by atoms with E-state index in [9.17, 15) is 4.79 Å². The van der Waals surface area contributed by atoms with E-state index < -0.39 is 0 Å². The molecule has 0 aliphatic heterocycles. The Bertz CT molecular complexity index is 671. The fourth-order valence-corrected chi connectivity index (χ4v) is 2.10. The predicted octanol–water partition coefficient (Wildman–Crippen LogP) is 2.68. The van der Waals surface area contributed by atoms with Crippen molar-refractivity contribution in [1.29, 1.82) is 0 Å². The van der Waals surface area contributed by atoms with Gasteiger partial charge in [0.15, 0.2) is 11.5 Å². The van der Waals surface area contributed by atoms with Crippen molar-refractivity contribution in [2.75, 3.05) is 32.2 Å². The number of hydrogen-bond acceptors (Lipinski definition) is 5. The minimum atomic E-state index is -0.230. The third-order valence-corrected chi connectivity index (χ3v) is 3.22. The smallest absolute Gasteiger partial charge is 0.255 e. The minimum Gasteiger partial charge on any atom is -0.493 e. The molecule has 3 N–H and O–H groups in total. The standard InChI is InChI=1S/C18H22N2O4/c1-3-23-16-9-4-13(12-17(16)22-2)18(21)20-14-5-7-15(8-6-14)24-11-10-19/h4-9,12H,3,10-11,19H2,1-2H3,(H,20,21). The zero-order valence-electron chi connectivity index (χ0n) is 13.9. The molecule has 0 radical (unpaired) electrons. The molecule has 0 bridgehead atoms. The molecule has 0 heterocycles. The lowest BCUT2D eigenvalue weighted by Crippen LogP contribution is -2.12. The summed E-state index contributed by atoms with van der Waals surface area (Å²) in [7, 11) is 1.54. The zero-order chi connectivity index (χ0) is 17.4. The van der Waals surface area contributed by atoms with Gasteiger partial charge in [-0.2, -0.15) is 0 Å². The topological polar surface area (TPSA) is 82.8 Å². The van der Waals surface area contributed by atoms with E-state index in [1.165, 1.54) is 0 Å². The van der Waals surface area contributed by atoms with Crippen LogP contribution in [0.4, 0.5) is 5.69 Å². The van der Waals surface area contributed by atoms with Gasteiger partial charge < -0.3 is 25.3 Å². The van der Waals surface area contributed by atoms with E-state index in [4.69, 9.17) is 19.9 Å². The maximum atomic E-state index is 12.4. The van der Waals surface area contributed by atoms with E-state index >= 15 is 0 Å². The van der Waals surface area contributed by atoms with Gasteiger partial charge in [0.25, 0.3) is 5.91 Å². The van der Waals surface area contributed by atoms with Crippen molar-refractivity contribution in [1.82, 2.24) is 0 Å². The minimum absolute atomic E-state index is 0.230. The van der Waals surface area contributed by atoms with Crippen LogP contribution < -0.4 is 25.3 Å². The number of hydrogen-bond donors (Lipinski definition) is 2. The van der Waals surface area contributed by atoms with Crippen molar-refractivity contribution >= 4 is 11.6 Å². The molecule has 0 saturated heterocycles. The molecule has 2 rings (SSSR count). The summed E-state index contributed by atoms with van der Waals surface area (Å²) in [4.78, 5) is 12.4. The van der Waals surface area contributed by atoms with Crippen LogP contribution in [0.2, 0.25) is 0 Å². The van der Waals surface area contributed by atoms with Crippen molar-refractivity contribution in [3.8, 4) is 17.2 Å². The third-order valence-electron chi connectivity index (χ3n) is 3.22. The van der Waals surface area contributed by atoms with Gasteiger partial charge in [0.05, 0.1) is 13.7 Å². The SMILES string of the molecule is CCOc1ccc(C(=O)Nc2ccc(OCCN)cc2)cc1OC. The van der Waals surface area contributed by atoms with Crippen molar-refractivity contribution < 1.29 is 19.0 Å². The quantitative estimate of drug-likeness (QED) is 0.777. The summed E-state index contributed by atoms with van der Waals surface area (Å²) in [5, 5.41) is 2.83. The number of anilines is 1. The van der Waals surface area contributed by atoms with Crippen LogP contribution >= 0.6 is 0 Å². The van der Waals surface area contributed by atoms with Crippen molar-refractivity contribution in [3.63, 3.8) is 0 Å². The van der Waals surface area contributed by atoms with E-state index in [-0.39, 0.29) is 5.91 Å². The third kappa shape index (κ3) is 4.63. The number of nitrogens with two attached hydrogens (primary N) is 1. The summed E-state index contributed by atoms with van der Waals surface area (Å²) in [6, 6.07) is 12.2. The Labute approximate surface area is 141 Å². The first-order valence-electron chi connectivity index (χ1n) is 7.73. The predicted molar refractivity (Wildman–Crippen MR) is 93.1 cm³/mol. The Balaban J connectivity index is 2.06. The van der Waals surface area contributed by atoms with Gasteiger partial charge in [-0.3, -0.25) is 4.79 Å². The lowest BCUT2D eigenvalue weighted by molar-refractivity contribution is 0.102. The molecule has 0 fully saturated rings. The largest absolute Gasteiger partial charge is 0.493 e. The molecule has 0 aliphatic rings. The summed E-state index contributed by atoms with van der Waals surface area (Å²) in [5.41, 5.74) is 6.55. The van der Waals surface area contributed by atoms with Crippen LogP contribution in [-0.2, 0) is 0 Å². The van der Waals surface area contributed by atoms with Crippen LogP contribution in [0, 0.1) is 0 Å². The van der Waals surface area contributed by atoms with Gasteiger partial charge in [-0.15, -0.1) is 0 Å². The van der Waals surface area contributed by atoms with Crippen LogP contribution in [0.25, 0.3) is 0 Å². The number of benzene rings is 2. The maximum Gasteiger partial charge on any atom is 0.255 e. The molecular formula is C18H22N2O4. The number of ether oxygens (including phenoxy) is 3. The number of carbonyl (C=O) groups excluding carboxylic acids is 1. The first-order chi connectivity index (χ1) is 11.7. The second kappa shape index (κ2) is 8.79. The second-order valence-electron chi connectivity index (χ2n) is 4.91. The monoisotopic (exact) mass is 330 g/mol. The fourth-order valence-electron chi connectivity index (χ4n) is 2.10. The summed E-state index contributed by atoms with van der Waals surface area (Å²) < 4.78 is 16.1. The average Bonchev–Trinajstić information content (AvgIpc) is 2.61. The van der Waals surface area contributed by atoms with Gasteiger partial charge in [-0.25, -0.2) is 0 Å². The summed E-state index contributed by atoms with van der Waals surface area (Å²) in [5.74, 6) is 1.61. The van der Waals surface area contributed by atoms with Crippen LogP contribution in [0.1, 0.15) is 17.3 Å². The molecule has 0 aromatic heterocycles. The first kappa shape index (κ1) is 17.6. The van der Waals surface area contributed by atoms with E-state index in [1.807, 2.05) is 6.92 Å². The Hall–Kier alpha value is -2.73. The molecule has 0 unspecified atom stereocenters. The van der Waals surface area contributed by atoms with E-state index in [0.717, 1.165) is 0 Å². The molecule has 24 heavy (non-hydrogen) atoms. The highest BCUT2D eigenvalue weighted by Crippen LogP contribution is 2.28. The fraction of sp³-hybridized carbons (Fsp3) is 0.278. The maximum absolute atomic E-state index is 12.4. The van der Waals surface area contributed by atoms with Crippen LogP contribution in [0.3, 0.4) is 0 Å². The lowest BCUT2D eigenvalue weighted by Gasteiger charge is -2.11. The zero-order valence-corrected chi connectivity index (χ0v) is 13.9. The summed E-state index contributed by atoms with van der Waals surface area (Å²) >= 11 is 0. The van der Waals surface area contributed by atoms with E-state index in [0.29, 0.717) is 48.3 Å². The number of nitrogens with one attached hydrogen (secondary N) is 1. The number of carbonyl (C=O) groups is 1. The van der Waals surface area contributed by atoms with Gasteiger partial charge >= 0.3 is 0 Å². The molecule has 6 heteroatoms. The Kier molecular flexibility index (Phi) is 6.45. The Morgan fingerprint density at radius 3 is 2.46 bits per heavy atom. The van der Waals surface area contributed by atoms with Gasteiger partial charge in [0, 0.05) is 17.8 Å². The molecule has 0 spiro atoms. The highest BCUT2D eigenvalue weighted by molar-refractivity contribution is 6.04. The molecule has 6 nitrogen and oxygen atoms in total. The van der Waals surface area contributed by atoms with Gasteiger partial charge in [0.1, 0.15) is 12.4 Å². The van der Waals surface area contributed by atoms with Gasteiger partial charge in [-0.05, 0) is 49.4 Å². The molecule has 0 saturated carbocycles. The van der Waals surface area contributed by atoms with Crippen LogP contribution in [-0.4, -0.2) is 32.8 Å². The number of methoxy groups -OCH3 is 1. The molecular weight excluding hydrogens is 308 g/mol. The van der Waals surface area contributed by atoms with Gasteiger partial charge in [-0.1, -0.05) is 0 Å². The average molecular weight is 330 g/mol. The number of rotatable bonds is 8. The van der Waals surface area contributed by atoms with E-state index in [2.05, 4.69) is 5.32 Å². The molecule has 0 atom stereocenters. The van der Waals surface area contributed by atoms with E-state index in [1.54, 1.807) is 49.6 Å². The summed E-state index contributed by atoms with van der Waals surface area (Å²) in [6.07, 6.45) is 0. The Morgan fingerprint density at radius 1 is 1.08 bits per heavy atom. The molecule has 2 aromatic carbocycles. The van der Waals surface area contributed by atoms with Crippen LogP contribution in [0.5, 0.6) is 17.2 Å². The van der Waals surface area contributed by atoms with Gasteiger partial charge in [0.2, 0.25) is 0 Å². The normalized spacial score (nSPS) is 10.1. The molecule has 2 aromatic rings. The molecule has 1 amide bonds. The number of amides is 1.